The predicted octanol–water partition coefficient (Wildman–Crippen LogP) is 4.16. The molecule has 3 unspecified atom stereocenters. The molecule has 3 rings (SSSR count). The maximum Gasteiger partial charge on any atom is 0.126 e. The Morgan fingerprint density at radius 2 is 2.24 bits per heavy atom. The van der Waals surface area contributed by atoms with Crippen molar-refractivity contribution >= 4 is 0 Å². The van der Waals surface area contributed by atoms with Crippen LogP contribution in [0.4, 0.5) is 4.39 Å². The van der Waals surface area contributed by atoms with E-state index in [1.165, 1.54) is 24.0 Å². The second-order valence-electron chi connectivity index (χ2n) is 5.70. The molecule has 0 N–H and O–H groups in total. The second-order valence-corrected chi connectivity index (χ2v) is 5.70. The molecule has 0 radical (unpaired) electrons. The van der Waals surface area contributed by atoms with Gasteiger partial charge in [-0.05, 0) is 60.8 Å². The first-order valence-electron chi connectivity index (χ1n) is 6.53. The van der Waals surface area contributed by atoms with Crippen molar-refractivity contribution < 1.29 is 4.39 Å². The van der Waals surface area contributed by atoms with Crippen molar-refractivity contribution in [3.63, 3.8) is 0 Å². The molecule has 0 bridgehead atoms. The lowest BCUT2D eigenvalue weighted by Crippen LogP contribution is -2.20. The topological polar surface area (TPSA) is 0 Å². The van der Waals surface area contributed by atoms with Crippen LogP contribution < -0.4 is 0 Å². The molecule has 0 aliphatic heterocycles. The number of halogens is 1. The third kappa shape index (κ3) is 1.28. The Kier molecular flexibility index (Phi) is 2.23. The molecular formula is C16H19F. The molecule has 17 heavy (non-hydrogen) atoms. The van der Waals surface area contributed by atoms with Crippen molar-refractivity contribution in [2.24, 2.45) is 11.8 Å². The average Bonchev–Trinajstić information content (AvgIpc) is 2.87. The van der Waals surface area contributed by atoms with Crippen LogP contribution >= 0.6 is 0 Å². The maximum absolute atomic E-state index is 13.6. The third-order valence-electron chi connectivity index (χ3n) is 5.01. The fraction of sp³-hybridized carbons (Fsp3) is 0.500. The molecule has 90 valence electrons. The highest BCUT2D eigenvalue weighted by molar-refractivity contribution is 5.47. The summed E-state index contributed by atoms with van der Waals surface area (Å²) in [6.45, 7) is 8.14. The van der Waals surface area contributed by atoms with Crippen LogP contribution in [0, 0.1) is 24.6 Å². The summed E-state index contributed by atoms with van der Waals surface area (Å²) in [5, 5.41) is 0. The molecule has 1 aromatic rings. The van der Waals surface area contributed by atoms with Gasteiger partial charge < -0.3 is 0 Å². The zero-order chi connectivity index (χ0) is 12.2. The molecular weight excluding hydrogens is 211 g/mol. The van der Waals surface area contributed by atoms with Gasteiger partial charge in [-0.15, -0.1) is 6.58 Å². The second kappa shape index (κ2) is 3.44. The van der Waals surface area contributed by atoms with Crippen molar-refractivity contribution in [2.75, 3.05) is 0 Å². The highest BCUT2D eigenvalue weighted by Gasteiger charge is 2.61. The van der Waals surface area contributed by atoms with Gasteiger partial charge in [0, 0.05) is 5.41 Å². The first-order valence-corrected chi connectivity index (χ1v) is 6.53. The van der Waals surface area contributed by atoms with Gasteiger partial charge in [0.2, 0.25) is 0 Å². The Bertz CT molecular complexity index is 489. The lowest BCUT2D eigenvalue weighted by atomic mass is 9.77. The van der Waals surface area contributed by atoms with Gasteiger partial charge in [-0.3, -0.25) is 0 Å². The van der Waals surface area contributed by atoms with Crippen LogP contribution in [0.15, 0.2) is 24.8 Å². The summed E-state index contributed by atoms with van der Waals surface area (Å²) in [7, 11) is 0. The smallest absolute Gasteiger partial charge is 0.126 e. The Labute approximate surface area is 103 Å². The van der Waals surface area contributed by atoms with E-state index in [1.807, 2.05) is 6.92 Å². The van der Waals surface area contributed by atoms with Crippen LogP contribution in [0.1, 0.15) is 36.5 Å². The molecule has 1 heteroatoms. The minimum atomic E-state index is -0.0516. The van der Waals surface area contributed by atoms with Crippen molar-refractivity contribution in [1.29, 1.82) is 0 Å². The van der Waals surface area contributed by atoms with E-state index in [0.29, 0.717) is 11.8 Å². The number of aryl methyl sites for hydroxylation is 2. The van der Waals surface area contributed by atoms with Crippen LogP contribution in [0.2, 0.25) is 0 Å². The van der Waals surface area contributed by atoms with E-state index < -0.39 is 0 Å². The van der Waals surface area contributed by atoms with Gasteiger partial charge >= 0.3 is 0 Å². The molecule has 1 saturated carbocycles. The predicted molar refractivity (Wildman–Crippen MR) is 68.6 cm³/mol. The molecule has 0 heterocycles. The Hall–Kier alpha value is -1.11. The van der Waals surface area contributed by atoms with Gasteiger partial charge in [-0.2, -0.15) is 0 Å². The van der Waals surface area contributed by atoms with Gasteiger partial charge in [0.15, 0.2) is 0 Å². The van der Waals surface area contributed by atoms with Gasteiger partial charge in [0.25, 0.3) is 0 Å². The molecule has 1 spiro atoms. The minimum absolute atomic E-state index is 0.0516. The lowest BCUT2D eigenvalue weighted by Gasteiger charge is -2.27. The molecule has 0 aromatic heterocycles. The molecule has 0 nitrogen and oxygen atoms in total. The molecule has 2 aliphatic rings. The van der Waals surface area contributed by atoms with Crippen LogP contribution in [0.3, 0.4) is 0 Å². The van der Waals surface area contributed by atoms with Gasteiger partial charge in [0.1, 0.15) is 5.82 Å². The normalized spacial score (nSPS) is 34.5. The average molecular weight is 230 g/mol. The van der Waals surface area contributed by atoms with Crippen LogP contribution in [-0.2, 0) is 11.8 Å². The summed E-state index contributed by atoms with van der Waals surface area (Å²) in [6.07, 6.45) is 5.55. The van der Waals surface area contributed by atoms with Crippen molar-refractivity contribution in [1.82, 2.24) is 0 Å². The summed E-state index contributed by atoms with van der Waals surface area (Å²) in [6, 6.07) is 3.85. The number of fused-ring (bicyclic) bond motifs is 2. The molecule has 2 aliphatic carbocycles. The molecule has 0 amide bonds. The van der Waals surface area contributed by atoms with E-state index >= 15 is 0 Å². The summed E-state index contributed by atoms with van der Waals surface area (Å²) >= 11 is 0. The zero-order valence-electron chi connectivity index (χ0n) is 10.6. The number of allylic oxidation sites excluding steroid dienone is 1. The lowest BCUT2D eigenvalue weighted by molar-refractivity contribution is 0.493. The third-order valence-corrected chi connectivity index (χ3v) is 5.01. The summed E-state index contributed by atoms with van der Waals surface area (Å²) in [5.41, 5.74) is 3.70. The summed E-state index contributed by atoms with van der Waals surface area (Å²) in [5.74, 6) is 1.21. The van der Waals surface area contributed by atoms with Crippen LogP contribution in [0.5, 0.6) is 0 Å². The Balaban J connectivity index is 2.15. The van der Waals surface area contributed by atoms with E-state index in [1.54, 1.807) is 6.07 Å². The van der Waals surface area contributed by atoms with E-state index in [2.05, 4.69) is 25.6 Å². The van der Waals surface area contributed by atoms with Gasteiger partial charge in [0.05, 0.1) is 0 Å². The van der Waals surface area contributed by atoms with Gasteiger partial charge in [-0.1, -0.05) is 19.1 Å². The highest BCUT2D eigenvalue weighted by Crippen LogP contribution is 2.65. The maximum atomic E-state index is 13.6. The number of benzene rings is 1. The largest absolute Gasteiger partial charge is 0.207 e. The summed E-state index contributed by atoms with van der Waals surface area (Å²) < 4.78 is 13.6. The van der Waals surface area contributed by atoms with Crippen LogP contribution in [-0.4, -0.2) is 0 Å². The first-order chi connectivity index (χ1) is 8.11. The SMILES string of the molecule is C=CC1C(C)C12CCCc1cc(F)c(C)cc12. The van der Waals surface area contributed by atoms with Crippen molar-refractivity contribution in [3.05, 3.63) is 47.3 Å². The van der Waals surface area contributed by atoms with E-state index in [0.717, 1.165) is 12.0 Å². The Morgan fingerprint density at radius 1 is 1.47 bits per heavy atom. The minimum Gasteiger partial charge on any atom is -0.207 e. The molecule has 1 aromatic carbocycles. The van der Waals surface area contributed by atoms with Crippen LogP contribution in [0.25, 0.3) is 0 Å². The molecule has 3 atom stereocenters. The van der Waals surface area contributed by atoms with E-state index in [9.17, 15) is 4.39 Å². The zero-order valence-corrected chi connectivity index (χ0v) is 10.6. The fourth-order valence-corrected chi connectivity index (χ4v) is 3.97. The molecule has 1 fully saturated rings. The monoisotopic (exact) mass is 230 g/mol. The van der Waals surface area contributed by atoms with E-state index in [4.69, 9.17) is 0 Å². The van der Waals surface area contributed by atoms with Crippen molar-refractivity contribution in [2.45, 2.75) is 38.5 Å². The van der Waals surface area contributed by atoms with Crippen molar-refractivity contribution in [3.8, 4) is 0 Å². The summed E-state index contributed by atoms with van der Waals surface area (Å²) in [4.78, 5) is 0. The number of hydrogen-bond acceptors (Lipinski definition) is 0. The standard InChI is InChI=1S/C16H19F/c1-4-13-11(3)16(13)7-5-6-12-9-15(17)10(2)8-14(12)16/h4,8-9,11,13H,1,5-7H2,2-3H3. The number of rotatable bonds is 1. The highest BCUT2D eigenvalue weighted by atomic mass is 19.1. The van der Waals surface area contributed by atoms with E-state index in [-0.39, 0.29) is 11.2 Å². The molecule has 0 saturated heterocycles. The number of hydrogen-bond donors (Lipinski definition) is 0. The Morgan fingerprint density at radius 3 is 2.88 bits per heavy atom. The quantitative estimate of drug-likeness (QED) is 0.635. The fourth-order valence-electron chi connectivity index (χ4n) is 3.97. The first kappa shape index (κ1) is 11.0. The van der Waals surface area contributed by atoms with Gasteiger partial charge in [-0.25, -0.2) is 4.39 Å².